The third-order valence-corrected chi connectivity index (χ3v) is 3.28. The van der Waals surface area contributed by atoms with Crippen LogP contribution < -0.4 is 5.32 Å². The Morgan fingerprint density at radius 1 is 1.22 bits per heavy atom. The lowest BCUT2D eigenvalue weighted by Gasteiger charge is -2.17. The third-order valence-electron chi connectivity index (χ3n) is 3.28. The molecule has 1 atom stereocenters. The molecule has 1 aliphatic heterocycles. The number of nitrogens with one attached hydrogen (secondary N) is 1. The standard InChI is InChI=1S/C13H14N2O.C5H10O2/c16-13(11-15-9-5-2-6-10-15)14-12-7-3-1-4-8-12;1-3-4(2)5(6)7/h1,3-10H,2,11H2,(H,14,16);4H,3H2,1-2H3,(H,6,7). The van der Waals surface area contributed by atoms with Crippen molar-refractivity contribution in [1.29, 1.82) is 0 Å². The van der Waals surface area contributed by atoms with Crippen molar-refractivity contribution in [3.8, 4) is 0 Å². The van der Waals surface area contributed by atoms with Gasteiger partial charge >= 0.3 is 5.97 Å². The Kier molecular flexibility index (Phi) is 8.21. The molecule has 1 heterocycles. The second-order valence-electron chi connectivity index (χ2n) is 5.24. The van der Waals surface area contributed by atoms with Gasteiger partial charge in [0.15, 0.2) is 0 Å². The van der Waals surface area contributed by atoms with Gasteiger partial charge in [0.25, 0.3) is 0 Å². The van der Waals surface area contributed by atoms with Crippen LogP contribution >= 0.6 is 0 Å². The van der Waals surface area contributed by atoms with Gasteiger partial charge in [0.1, 0.15) is 6.54 Å². The van der Waals surface area contributed by atoms with Crippen molar-refractivity contribution in [3.05, 3.63) is 54.9 Å². The second-order valence-corrected chi connectivity index (χ2v) is 5.24. The van der Waals surface area contributed by atoms with Crippen molar-refractivity contribution in [2.45, 2.75) is 26.7 Å². The lowest BCUT2D eigenvalue weighted by Crippen LogP contribution is -2.26. The summed E-state index contributed by atoms with van der Waals surface area (Å²) in [6.07, 6.45) is 9.55. The summed E-state index contributed by atoms with van der Waals surface area (Å²) in [7, 11) is 0. The smallest absolute Gasteiger partial charge is 0.306 e. The molecule has 0 fully saturated rings. The first-order chi connectivity index (χ1) is 11.0. The van der Waals surface area contributed by atoms with Crippen LogP contribution in [0.15, 0.2) is 54.9 Å². The summed E-state index contributed by atoms with van der Waals surface area (Å²) in [6, 6.07) is 9.47. The first-order valence-electron chi connectivity index (χ1n) is 7.69. The molecule has 1 unspecified atom stereocenters. The van der Waals surface area contributed by atoms with Crippen molar-refractivity contribution in [1.82, 2.24) is 4.90 Å². The van der Waals surface area contributed by atoms with Crippen molar-refractivity contribution in [2.24, 2.45) is 5.92 Å². The SMILES string of the molecule is CCC(C)C(=O)O.O=C(CN1C=CCC=C1)Nc1ccccc1. The van der Waals surface area contributed by atoms with E-state index in [4.69, 9.17) is 5.11 Å². The molecule has 1 aliphatic rings. The molecule has 0 aromatic heterocycles. The van der Waals surface area contributed by atoms with Gasteiger partial charge in [0, 0.05) is 18.1 Å². The highest BCUT2D eigenvalue weighted by molar-refractivity contribution is 5.92. The molecule has 23 heavy (non-hydrogen) atoms. The van der Waals surface area contributed by atoms with E-state index in [1.165, 1.54) is 0 Å². The van der Waals surface area contributed by atoms with Crippen molar-refractivity contribution >= 4 is 17.6 Å². The molecule has 1 aromatic rings. The van der Waals surface area contributed by atoms with Gasteiger partial charge in [0.05, 0.1) is 5.92 Å². The van der Waals surface area contributed by atoms with Crippen LogP contribution in [-0.4, -0.2) is 28.4 Å². The molecule has 2 rings (SSSR count). The van der Waals surface area contributed by atoms with E-state index < -0.39 is 5.97 Å². The topological polar surface area (TPSA) is 69.6 Å². The van der Waals surface area contributed by atoms with Crippen molar-refractivity contribution < 1.29 is 14.7 Å². The van der Waals surface area contributed by atoms with E-state index in [1.807, 2.05) is 66.7 Å². The van der Waals surface area contributed by atoms with E-state index in [2.05, 4.69) is 5.32 Å². The molecule has 1 amide bonds. The quantitative estimate of drug-likeness (QED) is 0.872. The average Bonchev–Trinajstić information content (AvgIpc) is 2.56. The van der Waals surface area contributed by atoms with Crippen LogP contribution in [0.1, 0.15) is 26.7 Å². The molecule has 0 radical (unpaired) electrons. The minimum atomic E-state index is -0.706. The number of allylic oxidation sites excluding steroid dienone is 2. The van der Waals surface area contributed by atoms with Gasteiger partial charge in [0.2, 0.25) is 5.91 Å². The molecule has 2 N–H and O–H groups in total. The minimum Gasteiger partial charge on any atom is -0.481 e. The van der Waals surface area contributed by atoms with Gasteiger partial charge in [-0.2, -0.15) is 0 Å². The summed E-state index contributed by atoms with van der Waals surface area (Å²) in [5.41, 5.74) is 0.831. The number of carbonyl (C=O) groups excluding carboxylic acids is 1. The van der Waals surface area contributed by atoms with Gasteiger partial charge in [-0.05, 0) is 25.0 Å². The van der Waals surface area contributed by atoms with E-state index in [9.17, 15) is 9.59 Å². The first kappa shape index (κ1) is 18.5. The number of hydrogen-bond donors (Lipinski definition) is 2. The largest absolute Gasteiger partial charge is 0.481 e. The van der Waals surface area contributed by atoms with Crippen molar-refractivity contribution in [3.63, 3.8) is 0 Å². The predicted octanol–water partition coefficient (Wildman–Crippen LogP) is 3.48. The molecule has 1 aromatic carbocycles. The Labute approximate surface area is 137 Å². The first-order valence-corrected chi connectivity index (χ1v) is 7.69. The highest BCUT2D eigenvalue weighted by Crippen LogP contribution is 2.06. The highest BCUT2D eigenvalue weighted by atomic mass is 16.4. The number of carboxylic acid groups (broad SMARTS) is 1. The fourth-order valence-corrected chi connectivity index (χ4v) is 1.69. The number of aliphatic carboxylic acids is 1. The number of carboxylic acids is 1. The summed E-state index contributed by atoms with van der Waals surface area (Å²) in [4.78, 5) is 23.5. The Hall–Kier alpha value is -2.56. The van der Waals surface area contributed by atoms with Gasteiger partial charge in [-0.1, -0.05) is 44.2 Å². The molecule has 0 spiro atoms. The van der Waals surface area contributed by atoms with E-state index >= 15 is 0 Å². The monoisotopic (exact) mass is 316 g/mol. The fraction of sp³-hybridized carbons (Fsp3) is 0.333. The van der Waals surface area contributed by atoms with E-state index in [1.54, 1.807) is 6.92 Å². The number of rotatable bonds is 5. The van der Waals surface area contributed by atoms with Gasteiger partial charge in [-0.15, -0.1) is 0 Å². The molecule has 5 heteroatoms. The molecule has 124 valence electrons. The number of carbonyl (C=O) groups is 2. The zero-order valence-electron chi connectivity index (χ0n) is 13.6. The number of hydrogen-bond acceptors (Lipinski definition) is 3. The number of nitrogens with zero attached hydrogens (tertiary/aromatic N) is 1. The normalized spacial score (nSPS) is 13.7. The molecule has 0 saturated carbocycles. The maximum absolute atomic E-state index is 11.7. The number of para-hydroxylation sites is 1. The number of anilines is 1. The summed E-state index contributed by atoms with van der Waals surface area (Å²) in [5.74, 6) is -0.898. The molecular formula is C18H24N2O3. The van der Waals surface area contributed by atoms with E-state index in [0.717, 1.165) is 18.5 Å². The molecule has 0 saturated heterocycles. The second kappa shape index (κ2) is 10.2. The lowest BCUT2D eigenvalue weighted by atomic mass is 10.1. The summed E-state index contributed by atoms with van der Waals surface area (Å²) >= 11 is 0. The van der Waals surface area contributed by atoms with Gasteiger partial charge in [-0.25, -0.2) is 0 Å². The van der Waals surface area contributed by atoms with Crippen LogP contribution in [0.4, 0.5) is 5.69 Å². The van der Waals surface area contributed by atoms with E-state index in [-0.39, 0.29) is 11.8 Å². The van der Waals surface area contributed by atoms with Crippen LogP contribution in [0.3, 0.4) is 0 Å². The minimum absolute atomic E-state index is 0.0117. The molecule has 5 nitrogen and oxygen atoms in total. The Morgan fingerprint density at radius 2 is 1.83 bits per heavy atom. The third kappa shape index (κ3) is 7.85. The maximum Gasteiger partial charge on any atom is 0.306 e. The van der Waals surface area contributed by atoms with Crippen molar-refractivity contribution in [2.75, 3.05) is 11.9 Å². The zero-order chi connectivity index (χ0) is 17.1. The van der Waals surface area contributed by atoms with Crippen LogP contribution in [0.5, 0.6) is 0 Å². The fourth-order valence-electron chi connectivity index (χ4n) is 1.69. The van der Waals surface area contributed by atoms with Gasteiger partial charge < -0.3 is 15.3 Å². The Morgan fingerprint density at radius 3 is 2.30 bits per heavy atom. The number of benzene rings is 1. The molecule has 0 bridgehead atoms. The molecular weight excluding hydrogens is 292 g/mol. The number of amides is 1. The maximum atomic E-state index is 11.7. The van der Waals surface area contributed by atoms with Crippen LogP contribution in [0.25, 0.3) is 0 Å². The van der Waals surface area contributed by atoms with Crippen LogP contribution in [-0.2, 0) is 9.59 Å². The highest BCUT2D eigenvalue weighted by Gasteiger charge is 2.06. The lowest BCUT2D eigenvalue weighted by molar-refractivity contribution is -0.141. The Balaban J connectivity index is 0.000000322. The predicted molar refractivity (Wildman–Crippen MR) is 91.8 cm³/mol. The summed E-state index contributed by atoms with van der Waals surface area (Å²) in [5, 5.41) is 11.0. The molecule has 0 aliphatic carbocycles. The summed E-state index contributed by atoms with van der Waals surface area (Å²) in [6.45, 7) is 3.91. The van der Waals surface area contributed by atoms with Gasteiger partial charge in [-0.3, -0.25) is 9.59 Å². The summed E-state index contributed by atoms with van der Waals surface area (Å²) < 4.78 is 0. The Bertz CT molecular complexity index is 541. The average molecular weight is 316 g/mol. The van der Waals surface area contributed by atoms with Crippen LogP contribution in [0, 0.1) is 5.92 Å². The van der Waals surface area contributed by atoms with E-state index in [0.29, 0.717) is 6.54 Å². The van der Waals surface area contributed by atoms with Crippen LogP contribution in [0.2, 0.25) is 0 Å². The zero-order valence-corrected chi connectivity index (χ0v) is 13.6.